The van der Waals surface area contributed by atoms with Gasteiger partial charge in [0.25, 0.3) is 0 Å². The molecule has 0 amide bonds. The first-order chi connectivity index (χ1) is 14.0. The Morgan fingerprint density at radius 3 is 1.76 bits per heavy atom. The molecule has 3 rings (SSSR count). The fourth-order valence-electron chi connectivity index (χ4n) is 5.63. The number of ether oxygens (including phenoxy) is 1. The van der Waals surface area contributed by atoms with Gasteiger partial charge in [-0.15, -0.1) is 0 Å². The highest BCUT2D eigenvalue weighted by atomic mass is 19.3. The summed E-state index contributed by atoms with van der Waals surface area (Å²) in [7, 11) is 0. The number of hydrogen-bond acceptors (Lipinski definition) is 1. The van der Waals surface area contributed by atoms with Crippen molar-refractivity contribution in [2.24, 2.45) is 23.7 Å². The van der Waals surface area contributed by atoms with Gasteiger partial charge in [-0.1, -0.05) is 45.4 Å². The Morgan fingerprint density at radius 2 is 1.31 bits per heavy atom. The smallest absolute Gasteiger partial charge is 0.387 e. The van der Waals surface area contributed by atoms with E-state index in [9.17, 15) is 17.6 Å². The molecule has 29 heavy (non-hydrogen) atoms. The van der Waals surface area contributed by atoms with E-state index >= 15 is 0 Å². The van der Waals surface area contributed by atoms with E-state index in [0.717, 1.165) is 36.3 Å². The summed E-state index contributed by atoms with van der Waals surface area (Å²) in [5.41, 5.74) is 0.512. The number of halogens is 4. The molecule has 0 N–H and O–H groups in total. The maximum absolute atomic E-state index is 13.9. The third-order valence-electron chi connectivity index (χ3n) is 7.25. The fraction of sp³-hybridized carbons (Fsp3) is 0.750. The van der Waals surface area contributed by atoms with E-state index in [0.29, 0.717) is 17.9 Å². The number of aryl methyl sites for hydroxylation is 1. The topological polar surface area (TPSA) is 9.23 Å². The van der Waals surface area contributed by atoms with Gasteiger partial charge in [0.05, 0.1) is 0 Å². The second kappa shape index (κ2) is 10.7. The molecule has 0 aliphatic heterocycles. The molecule has 0 spiro atoms. The molecule has 0 atom stereocenters. The average molecular weight is 415 g/mol. The lowest BCUT2D eigenvalue weighted by molar-refractivity contribution is -0.0546. The molecule has 0 bridgehead atoms. The summed E-state index contributed by atoms with van der Waals surface area (Å²) in [4.78, 5) is 0. The van der Waals surface area contributed by atoms with E-state index in [-0.39, 0.29) is 0 Å². The number of benzene rings is 1. The van der Waals surface area contributed by atoms with Gasteiger partial charge in [-0.2, -0.15) is 8.78 Å². The third-order valence-corrected chi connectivity index (χ3v) is 7.25. The van der Waals surface area contributed by atoms with Gasteiger partial charge in [0.15, 0.2) is 17.4 Å². The maximum atomic E-state index is 13.9. The molecule has 164 valence electrons. The zero-order valence-electron chi connectivity index (χ0n) is 17.4. The molecule has 0 saturated heterocycles. The summed E-state index contributed by atoms with van der Waals surface area (Å²) in [5, 5.41) is 0. The van der Waals surface area contributed by atoms with Crippen LogP contribution < -0.4 is 4.74 Å². The van der Waals surface area contributed by atoms with Gasteiger partial charge in [-0.05, 0) is 79.9 Å². The van der Waals surface area contributed by atoms with Crippen molar-refractivity contribution in [3.8, 4) is 5.75 Å². The van der Waals surface area contributed by atoms with E-state index in [1.165, 1.54) is 64.2 Å². The van der Waals surface area contributed by atoms with Crippen LogP contribution in [0.3, 0.4) is 0 Å². The van der Waals surface area contributed by atoms with E-state index in [1.54, 1.807) is 0 Å². The fourth-order valence-corrected chi connectivity index (χ4v) is 5.63. The highest BCUT2D eigenvalue weighted by molar-refractivity contribution is 5.31. The highest BCUT2D eigenvalue weighted by Gasteiger charge is 2.30. The zero-order chi connectivity index (χ0) is 20.8. The Morgan fingerprint density at radius 1 is 0.828 bits per heavy atom. The second-order valence-corrected chi connectivity index (χ2v) is 9.16. The van der Waals surface area contributed by atoms with Gasteiger partial charge >= 0.3 is 6.61 Å². The van der Waals surface area contributed by atoms with E-state index < -0.39 is 24.0 Å². The van der Waals surface area contributed by atoms with Crippen LogP contribution in [0.4, 0.5) is 17.6 Å². The Kier molecular flexibility index (Phi) is 8.25. The molecule has 2 aliphatic rings. The summed E-state index contributed by atoms with van der Waals surface area (Å²) >= 11 is 0. The SMILES string of the molecule is CCCC1CCC(C2CCC(CCc3cc(F)c(OC(F)F)c(F)c3)CC2)CC1. The number of hydrogen-bond donors (Lipinski definition) is 0. The van der Waals surface area contributed by atoms with Crippen LogP contribution in [0.25, 0.3) is 0 Å². The minimum atomic E-state index is -3.23. The Bertz CT molecular complexity index is 609. The first-order valence-corrected chi connectivity index (χ1v) is 11.4. The molecule has 2 saturated carbocycles. The van der Waals surface area contributed by atoms with Crippen LogP contribution in [0.5, 0.6) is 5.75 Å². The predicted molar refractivity (Wildman–Crippen MR) is 107 cm³/mol. The van der Waals surface area contributed by atoms with Crippen molar-refractivity contribution in [2.45, 2.75) is 90.6 Å². The first-order valence-electron chi connectivity index (χ1n) is 11.4. The number of alkyl halides is 2. The van der Waals surface area contributed by atoms with Crippen molar-refractivity contribution in [1.29, 1.82) is 0 Å². The molecule has 0 heterocycles. The van der Waals surface area contributed by atoms with Gasteiger partial charge in [0, 0.05) is 0 Å². The monoisotopic (exact) mass is 414 g/mol. The predicted octanol–water partition coefficient (Wildman–Crippen LogP) is 7.91. The van der Waals surface area contributed by atoms with Crippen LogP contribution in [0.2, 0.25) is 0 Å². The molecular weight excluding hydrogens is 380 g/mol. The van der Waals surface area contributed by atoms with Crippen LogP contribution in [0, 0.1) is 35.3 Å². The lowest BCUT2D eigenvalue weighted by Gasteiger charge is -2.38. The standard InChI is InChI=1S/C24H34F4O/c1-2-3-16-6-10-19(11-7-16)20-12-8-17(9-13-20)4-5-18-14-21(25)23(22(26)15-18)29-24(27)28/h14-17,19-20,24H,2-13H2,1H3. The molecule has 1 nitrogen and oxygen atoms in total. The van der Waals surface area contributed by atoms with Crippen molar-refractivity contribution < 1.29 is 22.3 Å². The summed E-state index contributed by atoms with van der Waals surface area (Å²) < 4.78 is 56.1. The summed E-state index contributed by atoms with van der Waals surface area (Å²) in [6.45, 7) is -0.955. The summed E-state index contributed by atoms with van der Waals surface area (Å²) in [5.74, 6) is 0.198. The normalized spacial score (nSPS) is 27.9. The van der Waals surface area contributed by atoms with Gasteiger partial charge < -0.3 is 4.74 Å². The molecule has 1 aromatic rings. The lowest BCUT2D eigenvalue weighted by atomic mass is 9.68. The van der Waals surface area contributed by atoms with Gasteiger partial charge in [-0.3, -0.25) is 0 Å². The molecule has 2 aliphatic carbocycles. The second-order valence-electron chi connectivity index (χ2n) is 9.16. The molecule has 0 radical (unpaired) electrons. The van der Waals surface area contributed by atoms with Crippen molar-refractivity contribution in [1.82, 2.24) is 0 Å². The number of rotatable bonds is 8. The van der Waals surface area contributed by atoms with Crippen molar-refractivity contribution >= 4 is 0 Å². The Balaban J connectivity index is 1.42. The summed E-state index contributed by atoms with van der Waals surface area (Å²) in [6, 6.07) is 2.25. The third kappa shape index (κ3) is 6.36. The van der Waals surface area contributed by atoms with Crippen LogP contribution in [0.1, 0.15) is 83.1 Å². The maximum Gasteiger partial charge on any atom is 0.387 e. The van der Waals surface area contributed by atoms with Crippen molar-refractivity contribution in [2.75, 3.05) is 0 Å². The summed E-state index contributed by atoms with van der Waals surface area (Å²) in [6.07, 6.45) is 14.7. The molecule has 1 aromatic carbocycles. The molecule has 2 fully saturated rings. The first kappa shape index (κ1) is 22.4. The van der Waals surface area contributed by atoms with Gasteiger partial charge in [0.2, 0.25) is 0 Å². The average Bonchev–Trinajstić information content (AvgIpc) is 2.70. The minimum absolute atomic E-state index is 0.512. The van der Waals surface area contributed by atoms with Gasteiger partial charge in [-0.25, -0.2) is 8.78 Å². The highest BCUT2D eigenvalue weighted by Crippen LogP contribution is 2.43. The molecule has 0 aromatic heterocycles. The van der Waals surface area contributed by atoms with Crippen LogP contribution >= 0.6 is 0 Å². The quantitative estimate of drug-likeness (QED) is 0.393. The molecule has 0 unspecified atom stereocenters. The Labute approximate surface area is 172 Å². The van der Waals surface area contributed by atoms with Crippen LogP contribution in [0.15, 0.2) is 12.1 Å². The largest absolute Gasteiger partial charge is 0.429 e. The van der Waals surface area contributed by atoms with Crippen LogP contribution in [-0.4, -0.2) is 6.61 Å². The van der Waals surface area contributed by atoms with E-state index in [2.05, 4.69) is 11.7 Å². The Hall–Kier alpha value is -1.26. The van der Waals surface area contributed by atoms with Crippen LogP contribution in [-0.2, 0) is 6.42 Å². The van der Waals surface area contributed by atoms with E-state index in [1.807, 2.05) is 0 Å². The van der Waals surface area contributed by atoms with E-state index in [4.69, 9.17) is 0 Å². The van der Waals surface area contributed by atoms with Gasteiger partial charge in [0.1, 0.15) is 0 Å². The minimum Gasteiger partial charge on any atom is -0.429 e. The van der Waals surface area contributed by atoms with Crippen molar-refractivity contribution in [3.63, 3.8) is 0 Å². The lowest BCUT2D eigenvalue weighted by Crippen LogP contribution is -2.26. The van der Waals surface area contributed by atoms with Crippen molar-refractivity contribution in [3.05, 3.63) is 29.3 Å². The molecular formula is C24H34F4O. The molecule has 5 heteroatoms. The zero-order valence-corrected chi connectivity index (χ0v) is 17.4.